The summed E-state index contributed by atoms with van der Waals surface area (Å²) >= 11 is 0. The molecule has 2 aromatic carbocycles. The van der Waals surface area contributed by atoms with E-state index in [9.17, 15) is 4.79 Å². The molecule has 36 heavy (non-hydrogen) atoms. The number of carbonyl (C=O) groups is 1. The second-order valence-electron chi connectivity index (χ2n) is 10.1. The average Bonchev–Trinajstić information content (AvgIpc) is 3.35. The third kappa shape index (κ3) is 6.59. The lowest BCUT2D eigenvalue weighted by atomic mass is 9.82. The van der Waals surface area contributed by atoms with E-state index >= 15 is 0 Å². The number of hydrogen-bond acceptors (Lipinski definition) is 7. The lowest BCUT2D eigenvalue weighted by Crippen LogP contribution is -2.29. The zero-order valence-electron chi connectivity index (χ0n) is 22.2. The topological polar surface area (TPSA) is 72.5 Å². The van der Waals surface area contributed by atoms with Gasteiger partial charge >= 0.3 is 5.97 Å². The Kier molecular flexibility index (Phi) is 9.03. The number of rotatable bonds is 11. The van der Waals surface area contributed by atoms with Crippen molar-refractivity contribution in [3.8, 4) is 17.2 Å². The van der Waals surface area contributed by atoms with Crippen molar-refractivity contribution in [2.75, 3.05) is 40.6 Å². The molecule has 0 radical (unpaired) electrons. The summed E-state index contributed by atoms with van der Waals surface area (Å²) in [7, 11) is 3.21. The third-order valence-corrected chi connectivity index (χ3v) is 5.98. The summed E-state index contributed by atoms with van der Waals surface area (Å²) in [5, 5.41) is 0. The first-order valence-corrected chi connectivity index (χ1v) is 12.2. The summed E-state index contributed by atoms with van der Waals surface area (Å²) in [5.41, 5.74) is 2.38. The molecule has 196 valence electrons. The van der Waals surface area contributed by atoms with E-state index in [1.165, 1.54) is 0 Å². The van der Waals surface area contributed by atoms with E-state index < -0.39 is 5.79 Å². The average molecular weight is 499 g/mol. The fourth-order valence-electron chi connectivity index (χ4n) is 4.20. The van der Waals surface area contributed by atoms with Crippen LogP contribution in [0.25, 0.3) is 0 Å². The van der Waals surface area contributed by atoms with Gasteiger partial charge < -0.3 is 28.4 Å². The first kappa shape index (κ1) is 27.6. The minimum absolute atomic E-state index is 0.000821. The summed E-state index contributed by atoms with van der Waals surface area (Å²) in [4.78, 5) is 12.5. The Balaban J connectivity index is 1.64. The predicted molar refractivity (Wildman–Crippen MR) is 138 cm³/mol. The molecule has 2 aromatic rings. The van der Waals surface area contributed by atoms with Gasteiger partial charge in [-0.15, -0.1) is 0 Å². The highest BCUT2D eigenvalue weighted by Crippen LogP contribution is 2.44. The quantitative estimate of drug-likeness (QED) is 0.230. The first-order valence-electron chi connectivity index (χ1n) is 12.2. The molecule has 1 atom stereocenters. The van der Waals surface area contributed by atoms with Crippen LogP contribution in [0, 0.1) is 11.3 Å². The van der Waals surface area contributed by atoms with Gasteiger partial charge in [-0.25, -0.2) is 0 Å². The largest absolute Gasteiger partial charge is 0.497 e. The van der Waals surface area contributed by atoms with Gasteiger partial charge in [-0.2, -0.15) is 0 Å². The minimum atomic E-state index is -1.09. The van der Waals surface area contributed by atoms with Crippen LogP contribution >= 0.6 is 0 Å². The van der Waals surface area contributed by atoms with Crippen LogP contribution in [0.4, 0.5) is 0 Å². The fraction of sp³-hybridized carbons (Fsp3) is 0.483. The molecule has 0 N–H and O–H groups in total. The van der Waals surface area contributed by atoms with Crippen LogP contribution < -0.4 is 14.2 Å². The zero-order valence-corrected chi connectivity index (χ0v) is 22.2. The molecule has 0 aromatic heterocycles. The number of hydrogen-bond donors (Lipinski definition) is 0. The summed E-state index contributed by atoms with van der Waals surface area (Å²) in [5.74, 6) is 0.273. The van der Waals surface area contributed by atoms with Gasteiger partial charge in [0.25, 0.3) is 0 Å². The van der Waals surface area contributed by atoms with E-state index in [2.05, 4.69) is 27.4 Å². The van der Waals surface area contributed by atoms with Crippen molar-refractivity contribution >= 4 is 5.97 Å². The van der Waals surface area contributed by atoms with Gasteiger partial charge in [-0.1, -0.05) is 32.9 Å². The molecule has 3 rings (SSSR count). The van der Waals surface area contributed by atoms with Crippen LogP contribution in [0.3, 0.4) is 0 Å². The Morgan fingerprint density at radius 3 is 2.19 bits per heavy atom. The molecular formula is C29H38O7. The zero-order chi connectivity index (χ0) is 26.3. The van der Waals surface area contributed by atoms with Crippen LogP contribution in [0.5, 0.6) is 17.2 Å². The van der Waals surface area contributed by atoms with Crippen molar-refractivity contribution in [3.05, 3.63) is 65.7 Å². The monoisotopic (exact) mass is 498 g/mol. The maximum absolute atomic E-state index is 12.5. The van der Waals surface area contributed by atoms with Crippen LogP contribution in [0.2, 0.25) is 0 Å². The van der Waals surface area contributed by atoms with Gasteiger partial charge in [0.05, 0.1) is 38.9 Å². The molecule has 1 heterocycles. The molecule has 7 heteroatoms. The van der Waals surface area contributed by atoms with E-state index in [1.54, 1.807) is 20.3 Å². The van der Waals surface area contributed by atoms with Crippen molar-refractivity contribution < 1.29 is 33.2 Å². The molecule has 1 saturated heterocycles. The Labute approximate surface area is 214 Å². The molecule has 0 spiro atoms. The van der Waals surface area contributed by atoms with E-state index in [4.69, 9.17) is 28.4 Å². The predicted octanol–water partition coefficient (Wildman–Crippen LogP) is 5.50. The summed E-state index contributed by atoms with van der Waals surface area (Å²) in [6, 6.07) is 13.0. The van der Waals surface area contributed by atoms with Crippen molar-refractivity contribution in [3.63, 3.8) is 0 Å². The molecule has 1 fully saturated rings. The Hall–Kier alpha value is -3.03. The van der Waals surface area contributed by atoms with Crippen LogP contribution in [-0.2, 0) is 24.8 Å². The highest BCUT2D eigenvalue weighted by atomic mass is 16.7. The summed E-state index contributed by atoms with van der Waals surface area (Å²) in [6.07, 6.45) is 0.689. The molecule has 1 aliphatic heterocycles. The van der Waals surface area contributed by atoms with Gasteiger partial charge in [0, 0.05) is 11.6 Å². The highest BCUT2D eigenvalue weighted by Gasteiger charge is 2.43. The van der Waals surface area contributed by atoms with E-state index in [1.807, 2.05) is 43.3 Å². The molecule has 0 saturated carbocycles. The van der Waals surface area contributed by atoms with Crippen LogP contribution in [-0.4, -0.2) is 46.6 Å². The normalized spacial score (nSPS) is 15.7. The molecule has 0 aliphatic carbocycles. The molecular weight excluding hydrogens is 460 g/mol. The number of benzene rings is 2. The summed E-state index contributed by atoms with van der Waals surface area (Å²) in [6.45, 7) is 13.4. The van der Waals surface area contributed by atoms with Gasteiger partial charge in [0.1, 0.15) is 30.5 Å². The number of esters is 1. The Morgan fingerprint density at radius 2 is 1.64 bits per heavy atom. The van der Waals surface area contributed by atoms with Crippen molar-refractivity contribution in [2.45, 2.75) is 39.9 Å². The maximum Gasteiger partial charge on any atom is 0.313 e. The Bertz CT molecular complexity index is 1030. The van der Waals surface area contributed by atoms with Crippen molar-refractivity contribution in [2.24, 2.45) is 11.3 Å². The maximum atomic E-state index is 12.5. The third-order valence-electron chi connectivity index (χ3n) is 5.98. The van der Waals surface area contributed by atoms with E-state index in [-0.39, 0.29) is 30.5 Å². The second kappa shape index (κ2) is 11.8. The number of methoxy groups -OCH3 is 2. The first-order chi connectivity index (χ1) is 17.1. The van der Waals surface area contributed by atoms with Gasteiger partial charge in [0.15, 0.2) is 0 Å². The molecule has 0 bridgehead atoms. The highest BCUT2D eigenvalue weighted by molar-refractivity contribution is 5.75. The smallest absolute Gasteiger partial charge is 0.313 e. The van der Waals surface area contributed by atoms with Crippen molar-refractivity contribution in [1.29, 1.82) is 0 Å². The molecule has 1 unspecified atom stereocenters. The second-order valence-corrected chi connectivity index (χ2v) is 10.1. The SMILES string of the molecule is C=C(C)C(CC(C)(C)C)C(=O)OCCOc1ccc(C2(c3ccc(OC)cc3OC)OCCO2)cc1. The van der Waals surface area contributed by atoms with Gasteiger partial charge in [-0.05, 0) is 55.2 Å². The van der Waals surface area contributed by atoms with Crippen LogP contribution in [0.15, 0.2) is 54.6 Å². The molecule has 1 aliphatic rings. The van der Waals surface area contributed by atoms with Crippen LogP contribution in [0.1, 0.15) is 45.2 Å². The molecule has 0 amide bonds. The summed E-state index contributed by atoms with van der Waals surface area (Å²) < 4.78 is 34.4. The van der Waals surface area contributed by atoms with E-state index in [0.29, 0.717) is 36.9 Å². The Morgan fingerprint density at radius 1 is 1.00 bits per heavy atom. The van der Waals surface area contributed by atoms with Gasteiger partial charge in [-0.3, -0.25) is 4.79 Å². The lowest BCUT2D eigenvalue weighted by Gasteiger charge is -2.30. The number of carbonyl (C=O) groups excluding carboxylic acids is 1. The van der Waals surface area contributed by atoms with Gasteiger partial charge in [0.2, 0.25) is 5.79 Å². The molecule has 7 nitrogen and oxygen atoms in total. The standard InChI is InChI=1S/C29H38O7/c1-20(2)24(19-28(3,4)5)27(30)34-15-14-33-22-10-8-21(9-11-22)29(35-16-17-36-29)25-13-12-23(31-6)18-26(25)32-7/h8-13,18,24H,1,14-17,19H2,2-7H3. The van der Waals surface area contributed by atoms with E-state index in [0.717, 1.165) is 16.7 Å². The fourth-order valence-corrected chi connectivity index (χ4v) is 4.20. The lowest BCUT2D eigenvalue weighted by molar-refractivity contribution is -0.148. The van der Waals surface area contributed by atoms with Crippen molar-refractivity contribution in [1.82, 2.24) is 0 Å². The minimum Gasteiger partial charge on any atom is -0.497 e. The number of ether oxygens (including phenoxy) is 6.